The van der Waals surface area contributed by atoms with Gasteiger partial charge in [0.2, 0.25) is 0 Å². The van der Waals surface area contributed by atoms with Crippen molar-refractivity contribution in [1.29, 1.82) is 0 Å². The van der Waals surface area contributed by atoms with Gasteiger partial charge in [-0.1, -0.05) is 0 Å². The molecule has 1 aromatic carbocycles. The topological polar surface area (TPSA) is 32.3 Å². The van der Waals surface area contributed by atoms with Crippen molar-refractivity contribution < 1.29 is 18.0 Å². The fourth-order valence-corrected chi connectivity index (χ4v) is 3.03. The van der Waals surface area contributed by atoms with E-state index in [9.17, 15) is 18.0 Å². The molecular weight excluding hydrogens is 305 g/mol. The first-order valence-corrected chi connectivity index (χ1v) is 6.74. The van der Waals surface area contributed by atoms with Crippen molar-refractivity contribution in [3.8, 4) is 0 Å². The highest BCUT2D eigenvalue weighted by Crippen LogP contribution is 2.23. The lowest BCUT2D eigenvalue weighted by molar-refractivity contribution is 0.0738. The molecule has 2 fully saturated rings. The van der Waals surface area contributed by atoms with Crippen molar-refractivity contribution in [3.63, 3.8) is 0 Å². The van der Waals surface area contributed by atoms with Gasteiger partial charge in [-0.3, -0.25) is 4.79 Å². The van der Waals surface area contributed by atoms with Crippen molar-refractivity contribution >= 4 is 18.3 Å². The Morgan fingerprint density at radius 1 is 1.10 bits per heavy atom. The fourth-order valence-electron chi connectivity index (χ4n) is 3.03. The van der Waals surface area contributed by atoms with Crippen molar-refractivity contribution in [2.75, 3.05) is 13.1 Å². The molecule has 1 amide bonds. The number of hydrogen-bond donors (Lipinski definition) is 1. The molecule has 116 valence electrons. The second-order valence-electron chi connectivity index (χ2n) is 5.42. The summed E-state index contributed by atoms with van der Waals surface area (Å²) in [5, 5.41) is 3.39. The first kappa shape index (κ1) is 16.1. The zero-order valence-corrected chi connectivity index (χ0v) is 12.1. The fraction of sp³-hybridized carbons (Fsp3) is 0.500. The molecule has 0 aliphatic carbocycles. The maximum atomic E-state index is 13.7. The van der Waals surface area contributed by atoms with Crippen LogP contribution >= 0.6 is 12.4 Å². The quantitative estimate of drug-likeness (QED) is 0.862. The molecule has 2 aliphatic heterocycles. The maximum absolute atomic E-state index is 13.7. The number of carbonyl (C=O) groups is 1. The van der Waals surface area contributed by atoms with Gasteiger partial charge in [0.15, 0.2) is 0 Å². The summed E-state index contributed by atoms with van der Waals surface area (Å²) >= 11 is 0. The van der Waals surface area contributed by atoms with Gasteiger partial charge in [0.05, 0.1) is 0 Å². The van der Waals surface area contributed by atoms with E-state index in [1.807, 2.05) is 0 Å². The molecule has 2 atom stereocenters. The number of rotatable bonds is 1. The molecule has 0 spiro atoms. The number of nitrogens with one attached hydrogen (secondary N) is 1. The Balaban J connectivity index is 0.00000161. The van der Waals surface area contributed by atoms with E-state index in [4.69, 9.17) is 0 Å². The van der Waals surface area contributed by atoms with Gasteiger partial charge in [-0.15, -0.1) is 12.4 Å². The minimum Gasteiger partial charge on any atom is -0.337 e. The first-order chi connectivity index (χ1) is 9.54. The Morgan fingerprint density at radius 2 is 1.71 bits per heavy atom. The highest BCUT2D eigenvalue weighted by Gasteiger charge is 2.33. The summed E-state index contributed by atoms with van der Waals surface area (Å²) in [5.41, 5.74) is -0.663. The summed E-state index contributed by atoms with van der Waals surface area (Å²) in [6.07, 6.45) is 2.81. The highest BCUT2D eigenvalue weighted by molar-refractivity contribution is 5.94. The third-order valence-corrected chi connectivity index (χ3v) is 4.03. The number of benzene rings is 1. The van der Waals surface area contributed by atoms with Crippen LogP contribution in [0.1, 0.15) is 29.6 Å². The van der Waals surface area contributed by atoms with Crippen molar-refractivity contribution in [2.45, 2.75) is 31.3 Å². The van der Waals surface area contributed by atoms with E-state index in [0.717, 1.165) is 19.3 Å². The number of likely N-dealkylation sites (tertiary alicyclic amines) is 1. The third-order valence-electron chi connectivity index (χ3n) is 4.03. The first-order valence-electron chi connectivity index (χ1n) is 6.74. The van der Waals surface area contributed by atoms with Crippen LogP contribution < -0.4 is 5.32 Å². The molecule has 1 aromatic rings. The van der Waals surface area contributed by atoms with Crippen LogP contribution in [0.4, 0.5) is 13.2 Å². The van der Waals surface area contributed by atoms with E-state index >= 15 is 0 Å². The minimum atomic E-state index is -1.14. The lowest BCUT2D eigenvalue weighted by Gasteiger charge is -2.24. The van der Waals surface area contributed by atoms with Gasteiger partial charge in [0, 0.05) is 37.3 Å². The van der Waals surface area contributed by atoms with Crippen LogP contribution in [0, 0.1) is 17.5 Å². The molecule has 21 heavy (non-hydrogen) atoms. The normalized spacial score (nSPS) is 24.4. The van der Waals surface area contributed by atoms with Crippen molar-refractivity contribution in [2.24, 2.45) is 0 Å². The Kier molecular flexibility index (Phi) is 4.78. The average Bonchev–Trinajstić information content (AvgIpc) is 2.67. The molecule has 2 unspecified atom stereocenters. The zero-order valence-electron chi connectivity index (χ0n) is 11.2. The standard InChI is InChI=1S/C14H15F3N2O.ClH/c15-8-5-11(16)13(12(17)6-8)14(20)19-4-3-9-1-2-10(7-19)18-9;/h5-6,9-10,18H,1-4,7H2;1H. The molecule has 7 heteroatoms. The second kappa shape index (κ2) is 6.23. The Hall–Kier alpha value is -1.27. The van der Waals surface area contributed by atoms with Crippen LogP contribution in [0.25, 0.3) is 0 Å². The molecule has 1 N–H and O–H groups in total. The van der Waals surface area contributed by atoms with E-state index in [0.29, 0.717) is 31.3 Å². The molecule has 2 heterocycles. The molecule has 0 saturated carbocycles. The van der Waals surface area contributed by atoms with Gasteiger partial charge in [-0.25, -0.2) is 13.2 Å². The summed E-state index contributed by atoms with van der Waals surface area (Å²) in [6.45, 7) is 0.898. The van der Waals surface area contributed by atoms with E-state index in [2.05, 4.69) is 5.32 Å². The van der Waals surface area contributed by atoms with Gasteiger partial charge in [0.25, 0.3) is 5.91 Å². The predicted octanol–water partition coefficient (Wildman–Crippen LogP) is 2.49. The number of hydrogen-bond acceptors (Lipinski definition) is 2. The third kappa shape index (κ3) is 3.16. The zero-order chi connectivity index (χ0) is 14.3. The molecular formula is C14H16ClF3N2O. The molecule has 0 aromatic heterocycles. The molecule has 0 radical (unpaired) electrons. The number of nitrogens with zero attached hydrogens (tertiary/aromatic N) is 1. The van der Waals surface area contributed by atoms with Crippen LogP contribution in [-0.4, -0.2) is 36.0 Å². The Labute approximate surface area is 126 Å². The number of carbonyl (C=O) groups excluding carboxylic acids is 1. The molecule has 3 nitrogen and oxygen atoms in total. The van der Waals surface area contributed by atoms with Gasteiger partial charge in [0.1, 0.15) is 23.0 Å². The summed E-state index contributed by atoms with van der Waals surface area (Å²) in [7, 11) is 0. The number of amides is 1. The van der Waals surface area contributed by atoms with Crippen molar-refractivity contribution in [1.82, 2.24) is 10.2 Å². The van der Waals surface area contributed by atoms with E-state index in [-0.39, 0.29) is 18.4 Å². The molecule has 2 saturated heterocycles. The minimum absolute atomic E-state index is 0. The van der Waals surface area contributed by atoms with Crippen LogP contribution in [0.3, 0.4) is 0 Å². The summed E-state index contributed by atoms with van der Waals surface area (Å²) in [6, 6.07) is 1.63. The number of halogens is 4. The average molecular weight is 321 g/mol. The van der Waals surface area contributed by atoms with Gasteiger partial charge in [-0.05, 0) is 19.3 Å². The van der Waals surface area contributed by atoms with Gasteiger partial charge in [-0.2, -0.15) is 0 Å². The molecule has 3 rings (SSSR count). The predicted molar refractivity (Wildman–Crippen MR) is 74.0 cm³/mol. The second-order valence-corrected chi connectivity index (χ2v) is 5.42. The van der Waals surface area contributed by atoms with E-state index < -0.39 is 28.9 Å². The molecule has 2 bridgehead atoms. The van der Waals surface area contributed by atoms with Crippen LogP contribution in [0.5, 0.6) is 0 Å². The van der Waals surface area contributed by atoms with Crippen LogP contribution in [0.15, 0.2) is 12.1 Å². The number of fused-ring (bicyclic) bond motifs is 2. The summed E-state index contributed by atoms with van der Waals surface area (Å²) < 4.78 is 40.2. The Morgan fingerprint density at radius 3 is 2.38 bits per heavy atom. The lowest BCUT2D eigenvalue weighted by atomic mass is 10.1. The van der Waals surface area contributed by atoms with Gasteiger partial charge >= 0.3 is 0 Å². The summed E-state index contributed by atoms with van der Waals surface area (Å²) in [4.78, 5) is 13.7. The van der Waals surface area contributed by atoms with Crippen LogP contribution in [-0.2, 0) is 0 Å². The van der Waals surface area contributed by atoms with Crippen molar-refractivity contribution in [3.05, 3.63) is 35.1 Å². The SMILES string of the molecule is Cl.O=C(c1c(F)cc(F)cc1F)N1CCC2CCC(C1)N2. The van der Waals surface area contributed by atoms with E-state index in [1.165, 1.54) is 4.90 Å². The summed E-state index contributed by atoms with van der Waals surface area (Å²) in [5.74, 6) is -4.01. The van der Waals surface area contributed by atoms with Crippen LogP contribution in [0.2, 0.25) is 0 Å². The lowest BCUT2D eigenvalue weighted by Crippen LogP contribution is -2.39. The molecule has 2 aliphatic rings. The highest BCUT2D eigenvalue weighted by atomic mass is 35.5. The van der Waals surface area contributed by atoms with Gasteiger partial charge < -0.3 is 10.2 Å². The Bertz CT molecular complexity index is 532. The monoisotopic (exact) mass is 320 g/mol. The largest absolute Gasteiger partial charge is 0.337 e. The van der Waals surface area contributed by atoms with E-state index in [1.54, 1.807) is 0 Å². The maximum Gasteiger partial charge on any atom is 0.259 e. The smallest absolute Gasteiger partial charge is 0.259 e.